The maximum Gasteiger partial charge on any atom is 0.381 e. The standard InChI is InChI=1S/C19H14NO3P/c21-19-17-13-7-8-14-18(17)23-24(22,16-11-5-2-6-12-16)20(19)15-9-3-1-4-10-15/h1-14H. The smallest absolute Gasteiger partial charge is 0.381 e. The molecule has 5 heteroatoms. The molecule has 1 amide bonds. The number of carbonyl (C=O) groups is 1. The fourth-order valence-electron chi connectivity index (χ4n) is 2.75. The Morgan fingerprint density at radius 2 is 1.33 bits per heavy atom. The van der Waals surface area contributed by atoms with E-state index in [9.17, 15) is 9.36 Å². The van der Waals surface area contributed by atoms with Crippen molar-refractivity contribution < 1.29 is 13.9 Å². The summed E-state index contributed by atoms with van der Waals surface area (Å²) in [6.07, 6.45) is 0. The molecule has 4 nitrogen and oxygen atoms in total. The van der Waals surface area contributed by atoms with Crippen LogP contribution in [0.5, 0.6) is 5.75 Å². The van der Waals surface area contributed by atoms with Gasteiger partial charge >= 0.3 is 7.52 Å². The molecule has 1 unspecified atom stereocenters. The molecule has 0 fully saturated rings. The first kappa shape index (κ1) is 14.7. The highest BCUT2D eigenvalue weighted by Crippen LogP contribution is 2.56. The van der Waals surface area contributed by atoms with Crippen molar-refractivity contribution in [1.29, 1.82) is 0 Å². The van der Waals surface area contributed by atoms with E-state index in [-0.39, 0.29) is 5.91 Å². The van der Waals surface area contributed by atoms with Gasteiger partial charge in [-0.2, -0.15) is 0 Å². The Labute approximate surface area is 139 Å². The molecule has 0 aromatic heterocycles. The highest BCUT2D eigenvalue weighted by atomic mass is 31.2. The molecule has 0 aliphatic carbocycles. The van der Waals surface area contributed by atoms with E-state index in [4.69, 9.17) is 4.52 Å². The van der Waals surface area contributed by atoms with Crippen LogP contribution in [0.4, 0.5) is 5.69 Å². The summed E-state index contributed by atoms with van der Waals surface area (Å²) in [6.45, 7) is 0. The minimum absolute atomic E-state index is 0.324. The molecule has 3 aromatic carbocycles. The van der Waals surface area contributed by atoms with Gasteiger partial charge in [-0.25, -0.2) is 9.24 Å². The van der Waals surface area contributed by atoms with E-state index in [1.807, 2.05) is 12.1 Å². The summed E-state index contributed by atoms with van der Waals surface area (Å²) in [5.41, 5.74) is 0.952. The fraction of sp³-hybridized carbons (Fsp3) is 0. The van der Waals surface area contributed by atoms with Crippen LogP contribution in [0.15, 0.2) is 84.9 Å². The van der Waals surface area contributed by atoms with Gasteiger partial charge in [0.1, 0.15) is 5.75 Å². The average Bonchev–Trinajstić information content (AvgIpc) is 2.63. The maximum absolute atomic E-state index is 13.8. The molecular weight excluding hydrogens is 321 g/mol. The van der Waals surface area contributed by atoms with Crippen LogP contribution in [0, 0.1) is 0 Å². The minimum Gasteiger partial charge on any atom is -0.425 e. The number of rotatable bonds is 2. The summed E-state index contributed by atoms with van der Waals surface area (Å²) in [5, 5.41) is 0.483. The molecule has 3 aromatic rings. The van der Waals surface area contributed by atoms with Crippen LogP contribution >= 0.6 is 7.52 Å². The first-order chi connectivity index (χ1) is 11.7. The number of para-hydroxylation sites is 2. The molecule has 0 bridgehead atoms. The average molecular weight is 335 g/mol. The number of fused-ring (bicyclic) bond motifs is 1. The fourth-order valence-corrected chi connectivity index (χ4v) is 4.93. The zero-order valence-electron chi connectivity index (χ0n) is 12.7. The third-order valence-electron chi connectivity index (χ3n) is 3.88. The second-order valence-corrected chi connectivity index (χ2v) is 7.54. The quantitative estimate of drug-likeness (QED) is 0.658. The van der Waals surface area contributed by atoms with Gasteiger partial charge in [0.25, 0.3) is 5.91 Å². The van der Waals surface area contributed by atoms with Crippen LogP contribution in [-0.2, 0) is 4.57 Å². The van der Waals surface area contributed by atoms with Crippen molar-refractivity contribution in [3.8, 4) is 5.75 Å². The highest BCUT2D eigenvalue weighted by molar-refractivity contribution is 7.70. The number of benzene rings is 3. The molecule has 0 saturated carbocycles. The monoisotopic (exact) mass is 335 g/mol. The van der Waals surface area contributed by atoms with Crippen molar-refractivity contribution in [3.05, 3.63) is 90.5 Å². The lowest BCUT2D eigenvalue weighted by molar-refractivity contribution is 0.0996. The lowest BCUT2D eigenvalue weighted by Gasteiger charge is -2.36. The van der Waals surface area contributed by atoms with Gasteiger partial charge in [0.15, 0.2) is 0 Å². The van der Waals surface area contributed by atoms with E-state index in [1.165, 1.54) is 4.67 Å². The van der Waals surface area contributed by atoms with E-state index >= 15 is 0 Å². The predicted molar refractivity (Wildman–Crippen MR) is 94.0 cm³/mol. The van der Waals surface area contributed by atoms with Gasteiger partial charge in [-0.3, -0.25) is 4.79 Å². The first-order valence-corrected chi connectivity index (χ1v) is 9.12. The second-order valence-electron chi connectivity index (χ2n) is 5.40. The Morgan fingerprint density at radius 3 is 2.04 bits per heavy atom. The van der Waals surface area contributed by atoms with Crippen molar-refractivity contribution in [2.75, 3.05) is 4.67 Å². The summed E-state index contributed by atoms with van der Waals surface area (Å²) in [4.78, 5) is 13.1. The first-order valence-electron chi connectivity index (χ1n) is 7.54. The van der Waals surface area contributed by atoms with Gasteiger partial charge in [0.05, 0.1) is 16.6 Å². The van der Waals surface area contributed by atoms with Crippen molar-refractivity contribution in [3.63, 3.8) is 0 Å². The van der Waals surface area contributed by atoms with Gasteiger partial charge < -0.3 is 4.52 Å². The van der Waals surface area contributed by atoms with Crippen LogP contribution in [0.25, 0.3) is 0 Å². The van der Waals surface area contributed by atoms with Crippen LogP contribution in [0.2, 0.25) is 0 Å². The summed E-state index contributed by atoms with van der Waals surface area (Å²) in [5.74, 6) is 0.0251. The molecule has 1 aliphatic rings. The Morgan fingerprint density at radius 1 is 0.750 bits per heavy atom. The Kier molecular flexibility index (Phi) is 3.47. The van der Waals surface area contributed by atoms with Gasteiger partial charge in [-0.1, -0.05) is 48.5 Å². The number of hydrogen-bond acceptors (Lipinski definition) is 3. The molecule has 0 spiro atoms. The summed E-state index contributed by atoms with van der Waals surface area (Å²) >= 11 is 0. The largest absolute Gasteiger partial charge is 0.425 e. The summed E-state index contributed by atoms with van der Waals surface area (Å²) in [6, 6.07) is 24.7. The number of carbonyl (C=O) groups excluding carboxylic acids is 1. The zero-order chi connectivity index (χ0) is 16.6. The predicted octanol–water partition coefficient (Wildman–Crippen LogP) is 4.24. The third kappa shape index (κ3) is 2.24. The van der Waals surface area contributed by atoms with Gasteiger partial charge in [-0.15, -0.1) is 0 Å². The molecule has 1 aliphatic heterocycles. The van der Waals surface area contributed by atoms with E-state index < -0.39 is 7.52 Å². The molecule has 0 saturated heterocycles. The molecule has 118 valence electrons. The molecule has 0 radical (unpaired) electrons. The summed E-state index contributed by atoms with van der Waals surface area (Å²) in [7, 11) is -3.60. The van der Waals surface area contributed by atoms with Crippen molar-refractivity contribution in [2.45, 2.75) is 0 Å². The number of nitrogens with zero attached hydrogens (tertiary/aromatic N) is 1. The van der Waals surface area contributed by atoms with Crippen LogP contribution in [0.1, 0.15) is 10.4 Å². The normalized spacial score (nSPS) is 19.5. The van der Waals surface area contributed by atoms with Crippen LogP contribution in [-0.4, -0.2) is 5.91 Å². The van der Waals surface area contributed by atoms with Crippen molar-refractivity contribution in [2.24, 2.45) is 0 Å². The van der Waals surface area contributed by atoms with Gasteiger partial charge in [0, 0.05) is 0 Å². The lowest BCUT2D eigenvalue weighted by atomic mass is 10.2. The van der Waals surface area contributed by atoms with E-state index in [2.05, 4.69) is 0 Å². The Balaban J connectivity index is 1.96. The number of hydrogen-bond donors (Lipinski definition) is 0. The van der Waals surface area contributed by atoms with Crippen molar-refractivity contribution in [1.82, 2.24) is 0 Å². The second kappa shape index (κ2) is 5.66. The SMILES string of the molecule is O=C1c2ccccc2OP(=O)(c2ccccc2)N1c1ccccc1. The van der Waals surface area contributed by atoms with E-state index in [1.54, 1.807) is 72.8 Å². The lowest BCUT2D eigenvalue weighted by Crippen LogP contribution is -2.38. The molecule has 4 rings (SSSR count). The van der Waals surface area contributed by atoms with E-state index in [0.717, 1.165) is 0 Å². The Hall–Kier alpha value is -2.84. The summed E-state index contributed by atoms with van der Waals surface area (Å²) < 4.78 is 21.0. The van der Waals surface area contributed by atoms with E-state index in [0.29, 0.717) is 22.3 Å². The topological polar surface area (TPSA) is 46.6 Å². The highest BCUT2D eigenvalue weighted by Gasteiger charge is 2.45. The van der Waals surface area contributed by atoms with Crippen LogP contribution < -0.4 is 14.5 Å². The molecule has 0 N–H and O–H groups in total. The maximum atomic E-state index is 13.8. The van der Waals surface area contributed by atoms with Crippen molar-refractivity contribution >= 4 is 24.4 Å². The third-order valence-corrected chi connectivity index (χ3v) is 6.21. The molecule has 24 heavy (non-hydrogen) atoms. The van der Waals surface area contributed by atoms with Gasteiger partial charge in [-0.05, 0) is 36.4 Å². The van der Waals surface area contributed by atoms with Gasteiger partial charge in [0.2, 0.25) is 0 Å². The zero-order valence-corrected chi connectivity index (χ0v) is 13.6. The number of amides is 1. The minimum atomic E-state index is -3.60. The molecular formula is C19H14NO3P. The van der Waals surface area contributed by atoms with Crippen LogP contribution in [0.3, 0.4) is 0 Å². The molecule has 1 heterocycles. The Bertz CT molecular complexity index is 941. The molecule has 1 atom stereocenters. The number of anilines is 1.